The zero-order valence-electron chi connectivity index (χ0n) is 16.5. The van der Waals surface area contributed by atoms with Gasteiger partial charge in [0, 0.05) is 31.7 Å². The molecule has 144 valence electrons. The number of carbonyl (C=O) groups excluding carboxylic acids is 2. The summed E-state index contributed by atoms with van der Waals surface area (Å²) in [6.07, 6.45) is 0.393. The first kappa shape index (κ1) is 20.2. The van der Waals surface area contributed by atoms with Crippen molar-refractivity contribution in [2.45, 2.75) is 45.7 Å². The van der Waals surface area contributed by atoms with Gasteiger partial charge in [-0.2, -0.15) is 0 Å². The summed E-state index contributed by atoms with van der Waals surface area (Å²) in [4.78, 5) is 28.9. The molecule has 1 aromatic rings. The highest BCUT2D eigenvalue weighted by atomic mass is 16.5. The zero-order chi connectivity index (χ0) is 19.3. The maximum absolute atomic E-state index is 12.5. The van der Waals surface area contributed by atoms with E-state index in [0.717, 1.165) is 11.3 Å². The van der Waals surface area contributed by atoms with Gasteiger partial charge in [-0.3, -0.25) is 14.5 Å². The molecular weight excluding hydrogens is 330 g/mol. The maximum atomic E-state index is 12.5. The predicted octanol–water partition coefficient (Wildman–Crippen LogP) is 1.69. The van der Waals surface area contributed by atoms with Crippen molar-refractivity contribution in [3.05, 3.63) is 29.8 Å². The molecule has 1 N–H and O–H groups in total. The maximum Gasteiger partial charge on any atom is 0.237 e. The first-order valence-corrected chi connectivity index (χ1v) is 9.16. The highest BCUT2D eigenvalue weighted by Crippen LogP contribution is 2.14. The molecule has 0 aromatic heterocycles. The summed E-state index contributed by atoms with van der Waals surface area (Å²) < 4.78 is 5.14. The Morgan fingerprint density at radius 3 is 2.19 bits per heavy atom. The highest BCUT2D eigenvalue weighted by molar-refractivity contribution is 5.82. The molecule has 26 heavy (non-hydrogen) atoms. The van der Waals surface area contributed by atoms with E-state index in [1.54, 1.807) is 7.11 Å². The molecule has 0 aliphatic carbocycles. The van der Waals surface area contributed by atoms with Crippen molar-refractivity contribution in [2.75, 3.05) is 33.3 Å². The average molecular weight is 361 g/mol. The van der Waals surface area contributed by atoms with Crippen LogP contribution in [0.25, 0.3) is 0 Å². The van der Waals surface area contributed by atoms with E-state index in [2.05, 4.69) is 10.2 Å². The fraction of sp³-hybridized carbons (Fsp3) is 0.600. The molecule has 1 aliphatic rings. The van der Waals surface area contributed by atoms with Crippen LogP contribution < -0.4 is 10.1 Å². The molecule has 1 fully saturated rings. The van der Waals surface area contributed by atoms with Crippen LogP contribution in [0.15, 0.2) is 24.3 Å². The predicted molar refractivity (Wildman–Crippen MR) is 102 cm³/mol. The Morgan fingerprint density at radius 2 is 1.69 bits per heavy atom. The van der Waals surface area contributed by atoms with Crippen molar-refractivity contribution in [3.63, 3.8) is 0 Å². The Kier molecular flexibility index (Phi) is 6.64. The summed E-state index contributed by atoms with van der Waals surface area (Å²) in [6, 6.07) is 7.40. The number of nitrogens with one attached hydrogen (secondary N) is 1. The Labute approximate surface area is 156 Å². The van der Waals surface area contributed by atoms with Crippen LogP contribution in [0.4, 0.5) is 0 Å². The van der Waals surface area contributed by atoms with Crippen LogP contribution in [-0.4, -0.2) is 66.5 Å². The lowest BCUT2D eigenvalue weighted by molar-refractivity contribution is -0.133. The van der Waals surface area contributed by atoms with Crippen molar-refractivity contribution in [3.8, 4) is 5.75 Å². The Balaban J connectivity index is 1.83. The van der Waals surface area contributed by atoms with Crippen LogP contribution in [0.1, 0.15) is 33.3 Å². The summed E-state index contributed by atoms with van der Waals surface area (Å²) >= 11 is 0. The average Bonchev–Trinajstić information content (AvgIpc) is 2.60. The Bertz CT molecular complexity index is 614. The van der Waals surface area contributed by atoms with E-state index >= 15 is 0 Å². The number of amides is 2. The van der Waals surface area contributed by atoms with Gasteiger partial charge in [-0.25, -0.2) is 0 Å². The number of piperazine rings is 1. The van der Waals surface area contributed by atoms with E-state index in [0.29, 0.717) is 32.6 Å². The second kappa shape index (κ2) is 8.54. The van der Waals surface area contributed by atoms with Gasteiger partial charge in [-0.15, -0.1) is 0 Å². The van der Waals surface area contributed by atoms with Crippen molar-refractivity contribution < 1.29 is 14.3 Å². The lowest BCUT2D eigenvalue weighted by Gasteiger charge is -2.38. The largest absolute Gasteiger partial charge is 0.497 e. The fourth-order valence-electron chi connectivity index (χ4n) is 3.03. The second-order valence-corrected chi connectivity index (χ2v) is 7.86. The molecule has 2 amide bonds. The van der Waals surface area contributed by atoms with Crippen molar-refractivity contribution >= 4 is 11.8 Å². The molecular formula is C20H31N3O3. The monoisotopic (exact) mass is 361 g/mol. The zero-order valence-corrected chi connectivity index (χ0v) is 16.5. The van der Waals surface area contributed by atoms with E-state index in [-0.39, 0.29) is 23.4 Å². The molecule has 0 radical (unpaired) electrons. The molecule has 0 saturated carbocycles. The highest BCUT2D eigenvalue weighted by Gasteiger charge is 2.28. The number of nitrogens with zero attached hydrogens (tertiary/aromatic N) is 2. The van der Waals surface area contributed by atoms with Crippen molar-refractivity contribution in [2.24, 2.45) is 0 Å². The van der Waals surface area contributed by atoms with E-state index in [4.69, 9.17) is 4.74 Å². The number of rotatable bonds is 5. The van der Waals surface area contributed by atoms with Gasteiger partial charge in [0.25, 0.3) is 0 Å². The molecule has 1 atom stereocenters. The number of carbonyl (C=O) groups is 2. The summed E-state index contributed by atoms with van der Waals surface area (Å²) in [7, 11) is 1.63. The SMILES string of the molecule is COc1ccc(CC(=O)N2CCN([C@@H](C)C(=O)NC(C)(C)C)CC2)cc1. The molecule has 1 aliphatic heterocycles. The second-order valence-electron chi connectivity index (χ2n) is 7.86. The number of methoxy groups -OCH3 is 1. The van der Waals surface area contributed by atoms with E-state index < -0.39 is 0 Å². The molecule has 6 nitrogen and oxygen atoms in total. The van der Waals surface area contributed by atoms with Crippen LogP contribution in [0, 0.1) is 0 Å². The van der Waals surface area contributed by atoms with E-state index in [9.17, 15) is 9.59 Å². The third-order valence-electron chi connectivity index (χ3n) is 4.61. The van der Waals surface area contributed by atoms with Crippen molar-refractivity contribution in [1.82, 2.24) is 15.1 Å². The van der Waals surface area contributed by atoms with Gasteiger partial charge in [-0.05, 0) is 45.4 Å². The third-order valence-corrected chi connectivity index (χ3v) is 4.61. The van der Waals surface area contributed by atoms with Crippen LogP contribution in [0.2, 0.25) is 0 Å². The molecule has 0 spiro atoms. The molecule has 2 rings (SSSR count). The molecule has 1 heterocycles. The van der Waals surface area contributed by atoms with E-state index in [1.807, 2.05) is 56.9 Å². The lowest BCUT2D eigenvalue weighted by Crippen LogP contribution is -2.57. The topological polar surface area (TPSA) is 61.9 Å². The standard InChI is InChI=1S/C20H31N3O3/c1-15(19(25)21-20(2,3)4)22-10-12-23(13-11-22)18(24)14-16-6-8-17(26-5)9-7-16/h6-9,15H,10-14H2,1-5H3,(H,21,25)/t15-/m0/s1. The minimum absolute atomic E-state index is 0.0375. The number of hydrogen-bond donors (Lipinski definition) is 1. The fourth-order valence-corrected chi connectivity index (χ4v) is 3.03. The Hall–Kier alpha value is -2.08. The van der Waals surface area contributed by atoms with Gasteiger partial charge in [0.2, 0.25) is 11.8 Å². The summed E-state index contributed by atoms with van der Waals surface area (Å²) in [5.41, 5.74) is 0.748. The van der Waals surface area contributed by atoms with Gasteiger partial charge in [0.15, 0.2) is 0 Å². The minimum atomic E-state index is -0.235. The van der Waals surface area contributed by atoms with Gasteiger partial charge in [0.1, 0.15) is 5.75 Å². The summed E-state index contributed by atoms with van der Waals surface area (Å²) in [5, 5.41) is 3.02. The normalized spacial score (nSPS) is 16.9. The van der Waals surface area contributed by atoms with Crippen LogP contribution >= 0.6 is 0 Å². The first-order valence-electron chi connectivity index (χ1n) is 9.16. The van der Waals surface area contributed by atoms with Crippen molar-refractivity contribution in [1.29, 1.82) is 0 Å². The quantitative estimate of drug-likeness (QED) is 0.867. The minimum Gasteiger partial charge on any atom is -0.497 e. The van der Waals surface area contributed by atoms with Gasteiger partial charge < -0.3 is 15.0 Å². The van der Waals surface area contributed by atoms with Crippen LogP contribution in [-0.2, 0) is 16.0 Å². The van der Waals surface area contributed by atoms with Crippen LogP contribution in [0.5, 0.6) is 5.75 Å². The molecule has 1 saturated heterocycles. The lowest BCUT2D eigenvalue weighted by atomic mass is 10.1. The number of ether oxygens (including phenoxy) is 1. The van der Waals surface area contributed by atoms with Gasteiger partial charge >= 0.3 is 0 Å². The van der Waals surface area contributed by atoms with E-state index in [1.165, 1.54) is 0 Å². The smallest absolute Gasteiger partial charge is 0.237 e. The summed E-state index contributed by atoms with van der Waals surface area (Å²) in [5.74, 6) is 0.953. The molecule has 6 heteroatoms. The first-order chi connectivity index (χ1) is 12.2. The number of benzene rings is 1. The molecule has 0 bridgehead atoms. The molecule has 0 unspecified atom stereocenters. The summed E-state index contributed by atoms with van der Waals surface area (Å²) in [6.45, 7) is 10.6. The molecule has 1 aromatic carbocycles. The van der Waals surface area contributed by atoms with Gasteiger partial charge in [-0.1, -0.05) is 12.1 Å². The third kappa shape index (κ3) is 5.73. The van der Waals surface area contributed by atoms with Crippen LogP contribution in [0.3, 0.4) is 0 Å². The number of hydrogen-bond acceptors (Lipinski definition) is 4. The Morgan fingerprint density at radius 1 is 1.12 bits per heavy atom. The van der Waals surface area contributed by atoms with Gasteiger partial charge in [0.05, 0.1) is 19.6 Å².